The fraction of sp³-hybridized carbons (Fsp3) is 0.800. The molecule has 0 N–H and O–H groups in total. The Balaban J connectivity index is 2.39. The van der Waals surface area contributed by atoms with E-state index in [0.29, 0.717) is 11.8 Å². The van der Waals surface area contributed by atoms with E-state index in [9.17, 15) is 0 Å². The Kier molecular flexibility index (Phi) is 5.32. The lowest BCUT2D eigenvalue weighted by molar-refractivity contribution is -0.0588. The van der Waals surface area contributed by atoms with Gasteiger partial charge in [0, 0.05) is 0 Å². The van der Waals surface area contributed by atoms with Gasteiger partial charge < -0.3 is 14.2 Å². The van der Waals surface area contributed by atoms with E-state index < -0.39 is 0 Å². The van der Waals surface area contributed by atoms with Gasteiger partial charge in [-0.25, -0.2) is 0 Å². The molecule has 2 fully saturated rings. The van der Waals surface area contributed by atoms with E-state index in [1.165, 1.54) is 11.1 Å². The quantitative estimate of drug-likeness (QED) is 0.686. The van der Waals surface area contributed by atoms with Crippen LogP contribution in [0.5, 0.6) is 0 Å². The molecule has 0 atom stereocenters. The highest BCUT2D eigenvalue weighted by molar-refractivity contribution is 5.24. The summed E-state index contributed by atoms with van der Waals surface area (Å²) in [5.41, 5.74) is 2.85. The van der Waals surface area contributed by atoms with Crippen molar-refractivity contribution < 1.29 is 14.2 Å². The van der Waals surface area contributed by atoms with Crippen molar-refractivity contribution in [3.05, 3.63) is 22.7 Å². The predicted molar refractivity (Wildman–Crippen MR) is 94.0 cm³/mol. The third-order valence-electron chi connectivity index (χ3n) is 5.23. The highest BCUT2D eigenvalue weighted by Crippen LogP contribution is 2.40. The van der Waals surface area contributed by atoms with Gasteiger partial charge in [0.05, 0.1) is 38.3 Å². The molecule has 0 spiro atoms. The predicted octanol–water partition coefficient (Wildman–Crippen LogP) is 4.94. The molecule has 0 aromatic rings. The average Bonchev–Trinajstić information content (AvgIpc) is 2.28. The van der Waals surface area contributed by atoms with Crippen molar-refractivity contribution in [2.24, 2.45) is 22.7 Å². The summed E-state index contributed by atoms with van der Waals surface area (Å²) >= 11 is 0. The molecule has 0 unspecified atom stereocenters. The van der Waals surface area contributed by atoms with Gasteiger partial charge in [0.1, 0.15) is 11.5 Å². The normalized spacial score (nSPS) is 22.8. The van der Waals surface area contributed by atoms with Crippen LogP contribution in [0.4, 0.5) is 0 Å². The summed E-state index contributed by atoms with van der Waals surface area (Å²) in [6.07, 6.45) is 0. The van der Waals surface area contributed by atoms with Gasteiger partial charge in [-0.05, 0) is 35.8 Å². The van der Waals surface area contributed by atoms with Crippen molar-refractivity contribution >= 4 is 0 Å². The van der Waals surface area contributed by atoms with Crippen LogP contribution in [0, 0.1) is 22.7 Å². The summed E-state index contributed by atoms with van der Waals surface area (Å²) in [5, 5.41) is 0. The molecule has 3 heteroatoms. The van der Waals surface area contributed by atoms with Crippen LogP contribution in [-0.4, -0.2) is 26.4 Å². The Hall–Kier alpha value is -0.800. The maximum atomic E-state index is 6.63. The summed E-state index contributed by atoms with van der Waals surface area (Å²) in [6.45, 7) is 21.0. The Morgan fingerprint density at radius 1 is 0.696 bits per heavy atom. The van der Waals surface area contributed by atoms with Gasteiger partial charge in [0.15, 0.2) is 0 Å². The smallest absolute Gasteiger partial charge is 0.111 e. The third kappa shape index (κ3) is 4.19. The molecule has 2 rings (SSSR count). The van der Waals surface area contributed by atoms with Gasteiger partial charge in [-0.2, -0.15) is 0 Å². The van der Waals surface area contributed by atoms with Crippen LogP contribution in [0.2, 0.25) is 0 Å². The first-order valence-corrected chi connectivity index (χ1v) is 8.77. The van der Waals surface area contributed by atoms with E-state index in [1.54, 1.807) is 0 Å². The van der Waals surface area contributed by atoms with Crippen LogP contribution in [0.25, 0.3) is 0 Å². The number of allylic oxidation sites excluding steroid dienone is 2. The Morgan fingerprint density at radius 3 is 1.17 bits per heavy atom. The van der Waals surface area contributed by atoms with Crippen LogP contribution in [0.3, 0.4) is 0 Å². The van der Waals surface area contributed by atoms with Crippen molar-refractivity contribution in [2.45, 2.75) is 55.4 Å². The summed E-state index contributed by atoms with van der Waals surface area (Å²) in [4.78, 5) is 0. The molecule has 0 amide bonds. The molecular weight excluding hydrogens is 288 g/mol. The van der Waals surface area contributed by atoms with E-state index in [-0.39, 0.29) is 10.8 Å². The zero-order valence-electron chi connectivity index (χ0n) is 16.2. The lowest BCUT2D eigenvalue weighted by Gasteiger charge is -2.38. The molecule has 2 heterocycles. The van der Waals surface area contributed by atoms with Crippen LogP contribution in [0.1, 0.15) is 55.4 Å². The van der Waals surface area contributed by atoms with E-state index in [2.05, 4.69) is 55.4 Å². The van der Waals surface area contributed by atoms with Gasteiger partial charge >= 0.3 is 0 Å². The molecule has 3 nitrogen and oxygen atoms in total. The maximum Gasteiger partial charge on any atom is 0.111 e. The zero-order chi connectivity index (χ0) is 17.4. The number of rotatable bonds is 4. The lowest BCUT2D eigenvalue weighted by atomic mass is 9.82. The lowest BCUT2D eigenvalue weighted by Crippen LogP contribution is -2.36. The summed E-state index contributed by atoms with van der Waals surface area (Å²) < 4.78 is 17.5. The van der Waals surface area contributed by atoms with E-state index >= 15 is 0 Å². The molecule has 0 saturated carbocycles. The molecule has 0 aromatic heterocycles. The topological polar surface area (TPSA) is 27.7 Å². The number of hydrogen-bond donors (Lipinski definition) is 0. The van der Waals surface area contributed by atoms with Gasteiger partial charge in [0.25, 0.3) is 0 Å². The van der Waals surface area contributed by atoms with E-state index in [4.69, 9.17) is 14.2 Å². The molecule has 0 aromatic carbocycles. The maximum absolute atomic E-state index is 6.63. The zero-order valence-corrected chi connectivity index (χ0v) is 16.2. The highest BCUT2D eigenvalue weighted by Gasteiger charge is 2.35. The highest BCUT2D eigenvalue weighted by atomic mass is 16.5. The molecule has 0 radical (unpaired) electrons. The van der Waals surface area contributed by atoms with E-state index in [1.807, 2.05) is 0 Å². The Bertz CT molecular complexity index is 446. The standard InChI is InChI=1S/C20H34O3/c1-13(19(3,4)5)17(15-9-21-10-15)23-18(16-11-22-12-16)14(2)20(6,7)8/h15-16H,9-12H2,1-8H3. The molecule has 0 bridgehead atoms. The second kappa shape index (κ2) is 6.60. The fourth-order valence-electron chi connectivity index (χ4n) is 2.56. The van der Waals surface area contributed by atoms with Crippen molar-refractivity contribution in [3.63, 3.8) is 0 Å². The van der Waals surface area contributed by atoms with Crippen molar-refractivity contribution in [2.75, 3.05) is 26.4 Å². The third-order valence-corrected chi connectivity index (χ3v) is 5.23. The van der Waals surface area contributed by atoms with E-state index in [0.717, 1.165) is 37.9 Å². The SMILES string of the molecule is CC(=C(OC(=C(C)C(C)(C)C)C1COC1)C1COC1)C(C)(C)C. The molecular formula is C20H34O3. The van der Waals surface area contributed by atoms with Gasteiger partial charge in [0.2, 0.25) is 0 Å². The molecule has 2 aliphatic rings. The van der Waals surface area contributed by atoms with Crippen LogP contribution in [-0.2, 0) is 14.2 Å². The molecule has 132 valence electrons. The van der Waals surface area contributed by atoms with Crippen LogP contribution < -0.4 is 0 Å². The number of hydrogen-bond acceptors (Lipinski definition) is 3. The molecule has 23 heavy (non-hydrogen) atoms. The fourth-order valence-corrected chi connectivity index (χ4v) is 2.56. The Morgan fingerprint density at radius 2 is 1.00 bits per heavy atom. The van der Waals surface area contributed by atoms with Crippen LogP contribution in [0.15, 0.2) is 22.7 Å². The van der Waals surface area contributed by atoms with Crippen molar-refractivity contribution in [1.29, 1.82) is 0 Å². The second-order valence-corrected chi connectivity index (χ2v) is 9.05. The molecule has 0 aliphatic carbocycles. The Labute approximate surface area is 142 Å². The second-order valence-electron chi connectivity index (χ2n) is 9.05. The monoisotopic (exact) mass is 322 g/mol. The average molecular weight is 322 g/mol. The summed E-state index contributed by atoms with van der Waals surface area (Å²) in [5.74, 6) is 3.01. The first kappa shape index (κ1) is 18.5. The van der Waals surface area contributed by atoms with Gasteiger partial charge in [-0.15, -0.1) is 0 Å². The summed E-state index contributed by atoms with van der Waals surface area (Å²) in [6, 6.07) is 0. The van der Waals surface area contributed by atoms with Gasteiger partial charge in [-0.1, -0.05) is 41.5 Å². The van der Waals surface area contributed by atoms with Crippen LogP contribution >= 0.6 is 0 Å². The molecule has 2 aliphatic heterocycles. The minimum absolute atomic E-state index is 0.0990. The largest absolute Gasteiger partial charge is 0.465 e. The van der Waals surface area contributed by atoms with Crippen molar-refractivity contribution in [1.82, 2.24) is 0 Å². The van der Waals surface area contributed by atoms with Crippen molar-refractivity contribution in [3.8, 4) is 0 Å². The minimum Gasteiger partial charge on any atom is -0.465 e. The number of ether oxygens (including phenoxy) is 3. The van der Waals surface area contributed by atoms with Gasteiger partial charge in [-0.3, -0.25) is 0 Å². The minimum atomic E-state index is 0.0990. The molecule has 2 saturated heterocycles. The first-order valence-electron chi connectivity index (χ1n) is 8.77. The first-order chi connectivity index (χ1) is 10.5. The summed E-state index contributed by atoms with van der Waals surface area (Å²) in [7, 11) is 0.